The summed E-state index contributed by atoms with van der Waals surface area (Å²) in [6.07, 6.45) is 2.33. The van der Waals surface area contributed by atoms with Crippen LogP contribution in [0.25, 0.3) is 11.3 Å². The first-order chi connectivity index (χ1) is 11.1. The first-order valence-corrected chi connectivity index (χ1v) is 7.57. The number of furan rings is 1. The Kier molecular flexibility index (Phi) is 4.28. The average Bonchev–Trinajstić information content (AvgIpc) is 3.19. The molecule has 2 heterocycles. The molecule has 0 fully saturated rings. The smallest absolute Gasteiger partial charge is 0.251 e. The van der Waals surface area contributed by atoms with Crippen LogP contribution in [0.4, 0.5) is 0 Å². The second-order valence-corrected chi connectivity index (χ2v) is 5.68. The van der Waals surface area contributed by atoms with Gasteiger partial charge < -0.3 is 9.73 Å². The van der Waals surface area contributed by atoms with Crippen molar-refractivity contribution in [1.29, 1.82) is 0 Å². The van der Waals surface area contributed by atoms with Crippen LogP contribution in [0.3, 0.4) is 0 Å². The van der Waals surface area contributed by atoms with E-state index in [0.717, 1.165) is 22.7 Å². The van der Waals surface area contributed by atoms with Gasteiger partial charge in [0.05, 0.1) is 12.0 Å². The molecule has 0 aliphatic carbocycles. The first-order valence-electron chi connectivity index (χ1n) is 7.57. The van der Waals surface area contributed by atoms with Gasteiger partial charge in [0, 0.05) is 29.3 Å². The standard InChI is InChI=1S/C18H19N3O2/c1-12(10-16-11-13(2)20-21-16)19-18(22)15-7-5-14(6-8-15)17-4-3-9-23-17/h3-9,11-12H,10H2,1-2H3,(H,19,22)(H,20,21)/t12-/m1/s1. The van der Waals surface area contributed by atoms with Crippen LogP contribution in [0.5, 0.6) is 0 Å². The summed E-state index contributed by atoms with van der Waals surface area (Å²) in [7, 11) is 0. The molecule has 1 amide bonds. The zero-order valence-corrected chi connectivity index (χ0v) is 13.2. The molecule has 5 heteroatoms. The van der Waals surface area contributed by atoms with E-state index in [1.807, 2.05) is 44.2 Å². The summed E-state index contributed by atoms with van der Waals surface area (Å²) < 4.78 is 5.34. The minimum absolute atomic E-state index is 0.00921. The molecule has 0 aliphatic heterocycles. The lowest BCUT2D eigenvalue weighted by Crippen LogP contribution is -2.34. The number of benzene rings is 1. The monoisotopic (exact) mass is 309 g/mol. The summed E-state index contributed by atoms with van der Waals surface area (Å²) in [5.74, 6) is 0.704. The number of rotatable bonds is 5. The lowest BCUT2D eigenvalue weighted by Gasteiger charge is -2.12. The molecule has 0 bridgehead atoms. The van der Waals surface area contributed by atoms with Crippen molar-refractivity contribution in [1.82, 2.24) is 15.5 Å². The van der Waals surface area contributed by atoms with Gasteiger partial charge >= 0.3 is 0 Å². The van der Waals surface area contributed by atoms with Crippen LogP contribution in [0.15, 0.2) is 53.1 Å². The maximum absolute atomic E-state index is 12.3. The molecular formula is C18H19N3O2. The summed E-state index contributed by atoms with van der Waals surface area (Å²) in [5, 5.41) is 10.1. The molecule has 2 N–H and O–H groups in total. The maximum atomic E-state index is 12.3. The Hall–Kier alpha value is -2.82. The van der Waals surface area contributed by atoms with Crippen molar-refractivity contribution in [2.24, 2.45) is 0 Å². The Bertz CT molecular complexity index is 773. The van der Waals surface area contributed by atoms with Crippen LogP contribution in [-0.4, -0.2) is 22.1 Å². The molecule has 0 saturated carbocycles. The fraction of sp³-hybridized carbons (Fsp3) is 0.222. The number of H-pyrrole nitrogens is 1. The van der Waals surface area contributed by atoms with Crippen molar-refractivity contribution in [3.8, 4) is 11.3 Å². The van der Waals surface area contributed by atoms with Gasteiger partial charge in [-0.15, -0.1) is 0 Å². The van der Waals surface area contributed by atoms with Crippen molar-refractivity contribution in [2.45, 2.75) is 26.3 Å². The minimum Gasteiger partial charge on any atom is -0.464 e. The zero-order valence-electron chi connectivity index (χ0n) is 13.2. The van der Waals surface area contributed by atoms with Crippen molar-refractivity contribution in [3.05, 3.63) is 65.7 Å². The molecule has 118 valence electrons. The van der Waals surface area contributed by atoms with E-state index in [-0.39, 0.29) is 11.9 Å². The number of hydrogen-bond acceptors (Lipinski definition) is 3. The Morgan fingerprint density at radius 1 is 1.30 bits per heavy atom. The number of nitrogens with zero attached hydrogens (tertiary/aromatic N) is 1. The molecule has 1 atom stereocenters. The van der Waals surface area contributed by atoms with Crippen LogP contribution in [0.2, 0.25) is 0 Å². The average molecular weight is 309 g/mol. The molecule has 0 radical (unpaired) electrons. The van der Waals surface area contributed by atoms with Gasteiger partial charge in [0.25, 0.3) is 5.91 Å². The fourth-order valence-electron chi connectivity index (χ4n) is 2.48. The number of hydrogen-bond donors (Lipinski definition) is 2. The lowest BCUT2D eigenvalue weighted by atomic mass is 10.1. The van der Waals surface area contributed by atoms with Gasteiger partial charge in [-0.2, -0.15) is 5.10 Å². The third-order valence-electron chi connectivity index (χ3n) is 3.60. The molecule has 1 aromatic carbocycles. The molecular weight excluding hydrogens is 290 g/mol. The molecule has 5 nitrogen and oxygen atoms in total. The Morgan fingerprint density at radius 2 is 2.09 bits per heavy atom. The van der Waals surface area contributed by atoms with E-state index in [1.54, 1.807) is 18.4 Å². The van der Waals surface area contributed by atoms with Gasteiger partial charge in [-0.1, -0.05) is 12.1 Å². The van der Waals surface area contributed by atoms with Crippen LogP contribution in [-0.2, 0) is 6.42 Å². The molecule has 0 unspecified atom stereocenters. The van der Waals surface area contributed by atoms with Crippen molar-refractivity contribution in [3.63, 3.8) is 0 Å². The second-order valence-electron chi connectivity index (χ2n) is 5.68. The van der Waals surface area contributed by atoms with Gasteiger partial charge in [0.15, 0.2) is 0 Å². The zero-order chi connectivity index (χ0) is 16.2. The highest BCUT2D eigenvalue weighted by molar-refractivity contribution is 5.94. The molecule has 3 aromatic rings. The van der Waals surface area contributed by atoms with E-state index < -0.39 is 0 Å². The molecule has 3 rings (SSSR count). The summed E-state index contributed by atoms with van der Waals surface area (Å²) in [6.45, 7) is 3.93. The topological polar surface area (TPSA) is 70.9 Å². The Morgan fingerprint density at radius 3 is 2.70 bits per heavy atom. The number of aromatic nitrogens is 2. The molecule has 0 saturated heterocycles. The number of aromatic amines is 1. The highest BCUT2D eigenvalue weighted by Crippen LogP contribution is 2.20. The molecule has 2 aromatic heterocycles. The minimum atomic E-state index is -0.0873. The SMILES string of the molecule is Cc1cc(C[C@@H](C)NC(=O)c2ccc(-c3ccco3)cc2)n[nH]1. The lowest BCUT2D eigenvalue weighted by molar-refractivity contribution is 0.0940. The number of carbonyl (C=O) groups is 1. The third-order valence-corrected chi connectivity index (χ3v) is 3.60. The van der Waals surface area contributed by atoms with Crippen LogP contribution < -0.4 is 5.32 Å². The van der Waals surface area contributed by atoms with E-state index in [4.69, 9.17) is 4.42 Å². The van der Waals surface area contributed by atoms with Gasteiger partial charge in [-0.25, -0.2) is 0 Å². The number of carbonyl (C=O) groups excluding carboxylic acids is 1. The molecule has 23 heavy (non-hydrogen) atoms. The van der Waals surface area contributed by atoms with Crippen LogP contribution in [0.1, 0.15) is 28.7 Å². The Labute approximate surface area is 134 Å². The van der Waals surface area contributed by atoms with Crippen LogP contribution in [0, 0.1) is 6.92 Å². The van der Waals surface area contributed by atoms with Crippen molar-refractivity contribution in [2.75, 3.05) is 0 Å². The van der Waals surface area contributed by atoms with E-state index >= 15 is 0 Å². The van der Waals surface area contributed by atoms with Gasteiger partial charge in [0.2, 0.25) is 0 Å². The van der Waals surface area contributed by atoms with E-state index in [0.29, 0.717) is 12.0 Å². The van der Waals surface area contributed by atoms with Crippen molar-refractivity contribution >= 4 is 5.91 Å². The Balaban J connectivity index is 1.61. The number of nitrogens with one attached hydrogen (secondary N) is 2. The third kappa shape index (κ3) is 3.69. The summed E-state index contributed by atoms with van der Waals surface area (Å²) in [5.41, 5.74) is 3.55. The van der Waals surface area contributed by atoms with Crippen molar-refractivity contribution < 1.29 is 9.21 Å². The second kappa shape index (κ2) is 6.52. The predicted octanol–water partition coefficient (Wildman–Crippen LogP) is 3.34. The van der Waals surface area contributed by atoms with E-state index in [1.165, 1.54) is 0 Å². The van der Waals surface area contributed by atoms with E-state index in [2.05, 4.69) is 15.5 Å². The number of aryl methyl sites for hydroxylation is 1. The fourth-order valence-corrected chi connectivity index (χ4v) is 2.48. The van der Waals surface area contributed by atoms with Crippen LogP contribution >= 0.6 is 0 Å². The first kappa shape index (κ1) is 15.1. The molecule has 0 aliphatic rings. The van der Waals surface area contributed by atoms with Gasteiger partial charge in [0.1, 0.15) is 5.76 Å². The predicted molar refractivity (Wildman–Crippen MR) is 88.1 cm³/mol. The summed E-state index contributed by atoms with van der Waals surface area (Å²) in [6, 6.07) is 13.1. The summed E-state index contributed by atoms with van der Waals surface area (Å²) >= 11 is 0. The van der Waals surface area contributed by atoms with Gasteiger partial charge in [-0.05, 0) is 44.2 Å². The van der Waals surface area contributed by atoms with Gasteiger partial charge in [-0.3, -0.25) is 9.89 Å². The quantitative estimate of drug-likeness (QED) is 0.759. The van der Waals surface area contributed by atoms with E-state index in [9.17, 15) is 4.79 Å². The maximum Gasteiger partial charge on any atom is 0.251 e. The molecule has 0 spiro atoms. The highest BCUT2D eigenvalue weighted by atomic mass is 16.3. The normalized spacial score (nSPS) is 12.1. The number of amides is 1. The highest BCUT2D eigenvalue weighted by Gasteiger charge is 2.12. The largest absolute Gasteiger partial charge is 0.464 e. The summed E-state index contributed by atoms with van der Waals surface area (Å²) in [4.78, 5) is 12.3.